The second-order valence-electron chi connectivity index (χ2n) is 3.82. The molecule has 0 bridgehead atoms. The lowest BCUT2D eigenvalue weighted by Crippen LogP contribution is -2.36. The molecule has 0 amide bonds. The van der Waals surface area contributed by atoms with Crippen molar-refractivity contribution in [2.24, 2.45) is 0 Å². The summed E-state index contributed by atoms with van der Waals surface area (Å²) in [5.74, 6) is 0. The molecule has 16 heavy (non-hydrogen) atoms. The Morgan fingerprint density at radius 1 is 1.50 bits per heavy atom. The fourth-order valence-electron chi connectivity index (χ4n) is 1.49. The first-order valence-electron chi connectivity index (χ1n) is 5.08. The van der Waals surface area contributed by atoms with Crippen molar-refractivity contribution in [1.29, 1.82) is 0 Å². The van der Waals surface area contributed by atoms with Gasteiger partial charge in [-0.15, -0.1) is 11.3 Å². The lowest BCUT2D eigenvalue weighted by molar-refractivity contribution is 0.370. The Morgan fingerprint density at radius 3 is 2.38 bits per heavy atom. The van der Waals surface area contributed by atoms with Crippen molar-refractivity contribution in [2.45, 2.75) is 37.9 Å². The van der Waals surface area contributed by atoms with Crippen molar-refractivity contribution in [2.75, 3.05) is 6.54 Å². The molecule has 1 heterocycles. The molecule has 0 N–H and O–H groups in total. The maximum absolute atomic E-state index is 12.3. The van der Waals surface area contributed by atoms with E-state index in [1.807, 2.05) is 27.7 Å². The topological polar surface area (TPSA) is 37.4 Å². The summed E-state index contributed by atoms with van der Waals surface area (Å²) in [6.07, 6.45) is 0. The van der Waals surface area contributed by atoms with Gasteiger partial charge < -0.3 is 0 Å². The van der Waals surface area contributed by atoms with Gasteiger partial charge in [-0.3, -0.25) is 0 Å². The molecular weight excluding hydrogens is 310 g/mol. The van der Waals surface area contributed by atoms with Gasteiger partial charge in [0.05, 0.1) is 3.79 Å². The van der Waals surface area contributed by atoms with Crippen LogP contribution in [0.3, 0.4) is 0 Å². The van der Waals surface area contributed by atoms with Gasteiger partial charge >= 0.3 is 0 Å². The molecule has 1 rings (SSSR count). The minimum absolute atomic E-state index is 0.0174. The van der Waals surface area contributed by atoms with Gasteiger partial charge in [0.15, 0.2) is 0 Å². The summed E-state index contributed by atoms with van der Waals surface area (Å²) in [7, 11) is -3.33. The van der Waals surface area contributed by atoms with Crippen LogP contribution in [0.5, 0.6) is 0 Å². The zero-order valence-corrected chi connectivity index (χ0v) is 13.0. The van der Waals surface area contributed by atoms with Crippen molar-refractivity contribution in [3.63, 3.8) is 0 Å². The molecule has 0 spiro atoms. The Balaban J connectivity index is 3.20. The summed E-state index contributed by atoms with van der Waals surface area (Å²) in [4.78, 5) is 0. The van der Waals surface area contributed by atoms with Gasteiger partial charge in [0.2, 0.25) is 0 Å². The maximum atomic E-state index is 12.3. The van der Waals surface area contributed by atoms with E-state index in [-0.39, 0.29) is 6.04 Å². The highest BCUT2D eigenvalue weighted by molar-refractivity contribution is 9.11. The minimum atomic E-state index is -3.33. The molecule has 0 aliphatic rings. The summed E-state index contributed by atoms with van der Waals surface area (Å²) >= 11 is 4.62. The first-order valence-corrected chi connectivity index (χ1v) is 8.13. The number of thiophene rings is 1. The molecule has 0 saturated heterocycles. The van der Waals surface area contributed by atoms with E-state index in [9.17, 15) is 8.42 Å². The molecule has 0 unspecified atom stereocenters. The van der Waals surface area contributed by atoms with Crippen molar-refractivity contribution in [3.8, 4) is 0 Å². The fraction of sp³-hybridized carbons (Fsp3) is 0.600. The van der Waals surface area contributed by atoms with Crippen LogP contribution in [-0.4, -0.2) is 25.3 Å². The fourth-order valence-corrected chi connectivity index (χ4v) is 5.49. The summed E-state index contributed by atoms with van der Waals surface area (Å²) in [6.45, 7) is 8.01. The average Bonchev–Trinajstić information content (AvgIpc) is 2.47. The Kier molecular flexibility index (Phi) is 4.57. The predicted molar refractivity (Wildman–Crippen MR) is 71.5 cm³/mol. The van der Waals surface area contributed by atoms with Crippen molar-refractivity contribution < 1.29 is 8.42 Å². The highest BCUT2D eigenvalue weighted by Crippen LogP contribution is 2.32. The molecule has 0 aromatic carbocycles. The van der Waals surface area contributed by atoms with Gasteiger partial charge in [0.1, 0.15) is 4.21 Å². The molecule has 0 aliphatic heterocycles. The molecule has 6 heteroatoms. The van der Waals surface area contributed by atoms with E-state index in [1.54, 1.807) is 6.07 Å². The minimum Gasteiger partial charge on any atom is -0.206 e. The average molecular weight is 326 g/mol. The van der Waals surface area contributed by atoms with Crippen molar-refractivity contribution >= 4 is 37.3 Å². The van der Waals surface area contributed by atoms with Crippen molar-refractivity contribution in [3.05, 3.63) is 15.4 Å². The SMILES string of the molecule is CCN(C(C)C)S(=O)(=O)c1cc(C)c(Br)s1. The Labute approximate surface area is 110 Å². The third-order valence-electron chi connectivity index (χ3n) is 2.29. The van der Waals surface area contributed by atoms with Crippen LogP contribution in [0.25, 0.3) is 0 Å². The van der Waals surface area contributed by atoms with E-state index in [0.717, 1.165) is 9.35 Å². The summed E-state index contributed by atoms with van der Waals surface area (Å²) in [5.41, 5.74) is 0.961. The highest BCUT2D eigenvalue weighted by atomic mass is 79.9. The van der Waals surface area contributed by atoms with E-state index >= 15 is 0 Å². The second kappa shape index (κ2) is 5.16. The number of hydrogen-bond acceptors (Lipinski definition) is 3. The van der Waals surface area contributed by atoms with Crippen LogP contribution in [0, 0.1) is 6.92 Å². The van der Waals surface area contributed by atoms with Gasteiger partial charge in [-0.2, -0.15) is 4.31 Å². The molecule has 1 aromatic heterocycles. The maximum Gasteiger partial charge on any atom is 0.252 e. The molecule has 0 radical (unpaired) electrons. The van der Waals surface area contributed by atoms with Crippen LogP contribution in [-0.2, 0) is 10.0 Å². The molecule has 3 nitrogen and oxygen atoms in total. The summed E-state index contributed by atoms with van der Waals surface area (Å²) < 4.78 is 27.4. The lowest BCUT2D eigenvalue weighted by atomic mass is 10.4. The van der Waals surface area contributed by atoms with Crippen LogP contribution in [0.15, 0.2) is 14.1 Å². The standard InChI is InChI=1S/C10H16BrNO2S2/c1-5-12(7(2)3)16(13,14)9-6-8(4)10(11)15-9/h6-7H,5H2,1-4H3. The largest absolute Gasteiger partial charge is 0.252 e. The normalized spacial score (nSPS) is 12.7. The van der Waals surface area contributed by atoms with Crippen LogP contribution < -0.4 is 0 Å². The third kappa shape index (κ3) is 2.67. The monoisotopic (exact) mass is 325 g/mol. The number of hydrogen-bond donors (Lipinski definition) is 0. The number of sulfonamides is 1. The van der Waals surface area contributed by atoms with E-state index in [2.05, 4.69) is 15.9 Å². The van der Waals surface area contributed by atoms with Gasteiger partial charge in [-0.25, -0.2) is 8.42 Å². The molecule has 92 valence electrons. The van der Waals surface area contributed by atoms with Crippen LogP contribution in [0.2, 0.25) is 0 Å². The lowest BCUT2D eigenvalue weighted by Gasteiger charge is -2.23. The van der Waals surface area contributed by atoms with E-state index in [4.69, 9.17) is 0 Å². The first-order chi connectivity index (χ1) is 7.30. The highest BCUT2D eigenvalue weighted by Gasteiger charge is 2.27. The van der Waals surface area contributed by atoms with E-state index in [0.29, 0.717) is 10.8 Å². The zero-order valence-electron chi connectivity index (χ0n) is 9.82. The third-order valence-corrected chi connectivity index (χ3v) is 7.02. The number of halogens is 1. The van der Waals surface area contributed by atoms with Crippen LogP contribution in [0.4, 0.5) is 0 Å². The molecule has 0 saturated carbocycles. The van der Waals surface area contributed by atoms with Gasteiger partial charge in [-0.05, 0) is 48.3 Å². The summed E-state index contributed by atoms with van der Waals surface area (Å²) in [6, 6.07) is 1.70. The van der Waals surface area contributed by atoms with Crippen LogP contribution in [0.1, 0.15) is 26.3 Å². The molecule has 0 fully saturated rings. The second-order valence-corrected chi connectivity index (χ2v) is 8.31. The zero-order chi connectivity index (χ0) is 12.5. The quantitative estimate of drug-likeness (QED) is 0.852. The van der Waals surface area contributed by atoms with E-state index in [1.165, 1.54) is 15.6 Å². The predicted octanol–water partition coefficient (Wildman–Crippen LogP) is 3.24. The number of aryl methyl sites for hydroxylation is 1. The first kappa shape index (κ1) is 14.2. The van der Waals surface area contributed by atoms with Gasteiger partial charge in [0, 0.05) is 12.6 Å². The molecular formula is C10H16BrNO2S2. The Morgan fingerprint density at radius 2 is 2.06 bits per heavy atom. The summed E-state index contributed by atoms with van der Waals surface area (Å²) in [5, 5.41) is 0. The Bertz CT molecular complexity index is 446. The molecule has 1 aromatic rings. The molecule has 0 atom stereocenters. The van der Waals surface area contributed by atoms with Gasteiger partial charge in [0.25, 0.3) is 10.0 Å². The Hall–Kier alpha value is 0.0900. The molecule has 0 aliphatic carbocycles. The smallest absolute Gasteiger partial charge is 0.206 e. The van der Waals surface area contributed by atoms with E-state index < -0.39 is 10.0 Å². The number of rotatable bonds is 4. The van der Waals surface area contributed by atoms with Crippen molar-refractivity contribution in [1.82, 2.24) is 4.31 Å². The van der Waals surface area contributed by atoms with Gasteiger partial charge in [-0.1, -0.05) is 6.92 Å². The number of nitrogens with zero attached hydrogens (tertiary/aromatic N) is 1. The van der Waals surface area contributed by atoms with Crippen LogP contribution >= 0.6 is 27.3 Å².